The largest absolute Gasteiger partial charge is 0.481 e. The highest BCUT2D eigenvalue weighted by atomic mass is 19.1. The quantitative estimate of drug-likeness (QED) is 0.861. The highest BCUT2D eigenvalue weighted by Crippen LogP contribution is 2.17. The number of ether oxygens (including phenoxy) is 1. The lowest BCUT2D eigenvalue weighted by Gasteiger charge is -2.23. The first-order chi connectivity index (χ1) is 11.0. The SMILES string of the molecule is CC(Oc1ccccc1)C(=O)NC(C)C(O)c1ccc(F)cc1. The van der Waals surface area contributed by atoms with Crippen LogP contribution in [0.4, 0.5) is 4.39 Å². The van der Waals surface area contributed by atoms with Crippen LogP contribution in [-0.4, -0.2) is 23.2 Å². The van der Waals surface area contributed by atoms with Crippen LogP contribution in [0.1, 0.15) is 25.5 Å². The Morgan fingerprint density at radius 1 is 1.09 bits per heavy atom. The molecule has 3 unspecified atom stereocenters. The molecule has 0 aliphatic rings. The Balaban J connectivity index is 1.92. The van der Waals surface area contributed by atoms with Gasteiger partial charge in [-0.05, 0) is 43.7 Å². The second kappa shape index (κ2) is 7.74. The molecule has 1 amide bonds. The van der Waals surface area contributed by atoms with Crippen LogP contribution in [0.25, 0.3) is 0 Å². The number of para-hydroxylation sites is 1. The van der Waals surface area contributed by atoms with Gasteiger partial charge in [0.25, 0.3) is 5.91 Å². The molecule has 3 atom stereocenters. The molecule has 4 nitrogen and oxygen atoms in total. The van der Waals surface area contributed by atoms with E-state index < -0.39 is 18.2 Å². The second-order valence-electron chi connectivity index (χ2n) is 5.37. The summed E-state index contributed by atoms with van der Waals surface area (Å²) >= 11 is 0. The lowest BCUT2D eigenvalue weighted by Crippen LogP contribution is -2.43. The van der Waals surface area contributed by atoms with Crippen LogP contribution >= 0.6 is 0 Å². The minimum Gasteiger partial charge on any atom is -0.481 e. The third-order valence-corrected chi connectivity index (χ3v) is 3.48. The lowest BCUT2D eigenvalue weighted by atomic mass is 10.0. The summed E-state index contributed by atoms with van der Waals surface area (Å²) in [4.78, 5) is 12.1. The molecule has 0 heterocycles. The molecule has 2 aromatic carbocycles. The Hall–Kier alpha value is -2.40. The van der Waals surface area contributed by atoms with Crippen LogP contribution < -0.4 is 10.1 Å². The first-order valence-corrected chi connectivity index (χ1v) is 7.43. The summed E-state index contributed by atoms with van der Waals surface area (Å²) in [5.41, 5.74) is 0.538. The summed E-state index contributed by atoms with van der Waals surface area (Å²) in [6.07, 6.45) is -1.62. The number of rotatable bonds is 6. The first-order valence-electron chi connectivity index (χ1n) is 7.43. The minimum atomic E-state index is -0.927. The molecule has 0 aliphatic heterocycles. The van der Waals surface area contributed by atoms with E-state index in [0.717, 1.165) is 0 Å². The summed E-state index contributed by atoms with van der Waals surface area (Å²) in [5, 5.41) is 12.9. The zero-order chi connectivity index (χ0) is 16.8. The zero-order valence-electron chi connectivity index (χ0n) is 13.1. The predicted octanol–water partition coefficient (Wildman–Crippen LogP) is 2.83. The zero-order valence-corrected chi connectivity index (χ0v) is 13.1. The van der Waals surface area contributed by atoms with Gasteiger partial charge in [0, 0.05) is 0 Å². The third-order valence-electron chi connectivity index (χ3n) is 3.48. The smallest absolute Gasteiger partial charge is 0.261 e. The van der Waals surface area contributed by atoms with Crippen LogP contribution in [0.15, 0.2) is 54.6 Å². The van der Waals surface area contributed by atoms with Crippen molar-refractivity contribution in [3.63, 3.8) is 0 Å². The van der Waals surface area contributed by atoms with Crippen LogP contribution in [-0.2, 0) is 4.79 Å². The molecule has 0 saturated carbocycles. The molecule has 0 aromatic heterocycles. The standard InChI is InChI=1S/C18H20FNO3/c1-12(17(21)14-8-10-15(19)11-9-14)20-18(22)13(2)23-16-6-4-3-5-7-16/h3-13,17,21H,1-2H3,(H,20,22). The van der Waals surface area contributed by atoms with Crippen molar-refractivity contribution in [2.75, 3.05) is 0 Å². The van der Waals surface area contributed by atoms with E-state index in [2.05, 4.69) is 5.32 Å². The molecule has 122 valence electrons. The van der Waals surface area contributed by atoms with Gasteiger partial charge in [0.1, 0.15) is 11.6 Å². The van der Waals surface area contributed by atoms with Crippen LogP contribution in [0.5, 0.6) is 5.75 Å². The molecule has 0 aliphatic carbocycles. The van der Waals surface area contributed by atoms with E-state index >= 15 is 0 Å². The fourth-order valence-electron chi connectivity index (χ4n) is 2.13. The van der Waals surface area contributed by atoms with Gasteiger partial charge >= 0.3 is 0 Å². The average molecular weight is 317 g/mol. The molecule has 0 bridgehead atoms. The van der Waals surface area contributed by atoms with Crippen molar-refractivity contribution in [3.8, 4) is 5.75 Å². The fraction of sp³-hybridized carbons (Fsp3) is 0.278. The van der Waals surface area contributed by atoms with E-state index in [9.17, 15) is 14.3 Å². The van der Waals surface area contributed by atoms with E-state index in [0.29, 0.717) is 11.3 Å². The van der Waals surface area contributed by atoms with Gasteiger partial charge < -0.3 is 15.2 Å². The Kier molecular flexibility index (Phi) is 5.71. The summed E-state index contributed by atoms with van der Waals surface area (Å²) in [6.45, 7) is 3.32. The molecule has 23 heavy (non-hydrogen) atoms. The molecular weight excluding hydrogens is 297 g/mol. The van der Waals surface area contributed by atoms with Gasteiger partial charge in [-0.15, -0.1) is 0 Å². The maximum Gasteiger partial charge on any atom is 0.261 e. The Morgan fingerprint density at radius 2 is 1.70 bits per heavy atom. The number of carbonyl (C=O) groups excluding carboxylic acids is 1. The number of hydrogen-bond acceptors (Lipinski definition) is 3. The number of aliphatic hydroxyl groups is 1. The van der Waals surface area contributed by atoms with E-state index in [4.69, 9.17) is 4.74 Å². The van der Waals surface area contributed by atoms with E-state index in [1.807, 2.05) is 18.2 Å². The van der Waals surface area contributed by atoms with Crippen LogP contribution in [0.2, 0.25) is 0 Å². The number of amides is 1. The van der Waals surface area contributed by atoms with E-state index in [1.165, 1.54) is 24.3 Å². The topological polar surface area (TPSA) is 58.6 Å². The summed E-state index contributed by atoms with van der Waals surface area (Å²) < 4.78 is 18.4. The van der Waals surface area contributed by atoms with Gasteiger partial charge in [-0.3, -0.25) is 4.79 Å². The average Bonchev–Trinajstić information content (AvgIpc) is 2.55. The maximum absolute atomic E-state index is 12.9. The van der Waals surface area contributed by atoms with Crippen LogP contribution in [0, 0.1) is 5.82 Å². The highest BCUT2D eigenvalue weighted by Gasteiger charge is 2.22. The minimum absolute atomic E-state index is 0.331. The van der Waals surface area contributed by atoms with Gasteiger partial charge in [0.2, 0.25) is 0 Å². The normalized spacial score (nSPS) is 14.6. The van der Waals surface area contributed by atoms with Crippen molar-refractivity contribution < 1.29 is 19.0 Å². The van der Waals surface area contributed by atoms with Gasteiger partial charge in [0.15, 0.2) is 6.10 Å². The van der Waals surface area contributed by atoms with Crippen molar-refractivity contribution in [2.45, 2.75) is 32.1 Å². The van der Waals surface area contributed by atoms with Gasteiger partial charge in [-0.25, -0.2) is 4.39 Å². The number of halogens is 1. The van der Waals surface area contributed by atoms with Gasteiger partial charge in [0.05, 0.1) is 12.1 Å². The molecule has 0 saturated heterocycles. The molecule has 0 radical (unpaired) electrons. The number of nitrogens with one attached hydrogen (secondary N) is 1. The maximum atomic E-state index is 12.9. The molecule has 2 aromatic rings. The molecule has 2 rings (SSSR count). The number of hydrogen-bond donors (Lipinski definition) is 2. The number of aliphatic hydroxyl groups excluding tert-OH is 1. The molecular formula is C18H20FNO3. The predicted molar refractivity (Wildman–Crippen MR) is 85.5 cm³/mol. The first kappa shape index (κ1) is 17.0. The van der Waals surface area contributed by atoms with E-state index in [1.54, 1.807) is 26.0 Å². The molecule has 0 fully saturated rings. The second-order valence-corrected chi connectivity index (χ2v) is 5.37. The highest BCUT2D eigenvalue weighted by molar-refractivity contribution is 5.81. The van der Waals surface area contributed by atoms with Crippen molar-refractivity contribution in [3.05, 3.63) is 66.0 Å². The Labute approximate surface area is 134 Å². The molecule has 2 N–H and O–H groups in total. The Morgan fingerprint density at radius 3 is 2.30 bits per heavy atom. The third kappa shape index (κ3) is 4.79. The van der Waals surface area contributed by atoms with Gasteiger partial charge in [-0.2, -0.15) is 0 Å². The summed E-state index contributed by atoms with van der Waals surface area (Å²) in [7, 11) is 0. The van der Waals surface area contributed by atoms with Crippen molar-refractivity contribution in [1.82, 2.24) is 5.32 Å². The summed E-state index contributed by atoms with van der Waals surface area (Å²) in [5.74, 6) is -0.105. The fourth-order valence-corrected chi connectivity index (χ4v) is 2.13. The van der Waals surface area contributed by atoms with Crippen molar-refractivity contribution in [2.24, 2.45) is 0 Å². The number of carbonyl (C=O) groups is 1. The molecule has 0 spiro atoms. The number of benzene rings is 2. The van der Waals surface area contributed by atoms with Crippen molar-refractivity contribution >= 4 is 5.91 Å². The van der Waals surface area contributed by atoms with Crippen LogP contribution in [0.3, 0.4) is 0 Å². The summed E-state index contributed by atoms with van der Waals surface area (Å²) in [6, 6.07) is 14.0. The molecule has 5 heteroatoms. The Bertz CT molecular complexity index is 630. The van der Waals surface area contributed by atoms with Gasteiger partial charge in [-0.1, -0.05) is 30.3 Å². The van der Waals surface area contributed by atoms with E-state index in [-0.39, 0.29) is 11.7 Å². The monoisotopic (exact) mass is 317 g/mol. The lowest BCUT2D eigenvalue weighted by molar-refractivity contribution is -0.128. The van der Waals surface area contributed by atoms with Crippen molar-refractivity contribution in [1.29, 1.82) is 0 Å².